The van der Waals surface area contributed by atoms with Gasteiger partial charge in [0.15, 0.2) is 0 Å². The molecule has 0 N–H and O–H groups in total. The van der Waals surface area contributed by atoms with Crippen molar-refractivity contribution in [3.8, 4) is 0 Å². The number of carbonyl (C=O) groups excluding carboxylic acids is 2. The summed E-state index contributed by atoms with van der Waals surface area (Å²) in [4.78, 5) is 33.5. The average Bonchev–Trinajstić information content (AvgIpc) is 3.12. The van der Waals surface area contributed by atoms with Crippen LogP contribution in [0.5, 0.6) is 0 Å². The Kier molecular flexibility index (Phi) is 8.06. The Morgan fingerprint density at radius 3 is 2.22 bits per heavy atom. The third kappa shape index (κ3) is 5.58. The van der Waals surface area contributed by atoms with Crippen LogP contribution in [0.4, 0.5) is 0 Å². The number of carbonyl (C=O) groups is 2. The highest BCUT2D eigenvalue weighted by molar-refractivity contribution is 6.47. The molecular weight excluding hydrogens is 507 g/mol. The summed E-state index contributed by atoms with van der Waals surface area (Å²) in [5, 5.41) is 0.955. The summed E-state index contributed by atoms with van der Waals surface area (Å²) in [6.45, 7) is 8.99. The van der Waals surface area contributed by atoms with Crippen LogP contribution in [-0.4, -0.2) is 35.3 Å². The highest BCUT2D eigenvalue weighted by atomic mass is 35.5. The van der Waals surface area contributed by atoms with Crippen molar-refractivity contribution in [2.75, 3.05) is 7.11 Å². The summed E-state index contributed by atoms with van der Waals surface area (Å²) in [5.41, 5.74) is 2.13. The first kappa shape index (κ1) is 27.7. The molecule has 1 saturated carbocycles. The van der Waals surface area contributed by atoms with Gasteiger partial charge >= 0.3 is 5.97 Å². The van der Waals surface area contributed by atoms with Gasteiger partial charge in [-0.1, -0.05) is 69.5 Å². The second kappa shape index (κ2) is 10.8. The van der Waals surface area contributed by atoms with Crippen molar-refractivity contribution < 1.29 is 14.3 Å². The molecule has 0 radical (unpaired) electrons. The van der Waals surface area contributed by atoms with Gasteiger partial charge in [0.05, 0.1) is 18.7 Å². The fraction of sp³-hybridized carbons (Fsp3) is 0.500. The van der Waals surface area contributed by atoms with Crippen LogP contribution >= 0.6 is 23.2 Å². The minimum Gasteiger partial charge on any atom is -0.465 e. The van der Waals surface area contributed by atoms with Crippen LogP contribution in [0.2, 0.25) is 10.0 Å². The number of nitrogens with zero attached hydrogens (tertiary/aromatic N) is 2. The lowest BCUT2D eigenvalue weighted by atomic mass is 9.69. The fourth-order valence-corrected chi connectivity index (χ4v) is 6.43. The highest BCUT2D eigenvalue weighted by Crippen LogP contribution is 2.50. The molecule has 1 amide bonds. The normalized spacial score (nSPS) is 22.8. The standard InChI is InChI=1S/C30H36Cl2N2O3/c1-6-7-25(19-8-10-20(11-9-19)28(36)37-5)34-27(35)26(21-16-23(31)18-24(32)17-21)33-30(34)14-12-22(13-15-30)29(2,3)4/h8-11,16-18,22,25H,6-7,12-15H2,1-5H3/t22?,25-,30?/m1/s1. The van der Waals surface area contributed by atoms with Gasteiger partial charge in [0.1, 0.15) is 11.4 Å². The van der Waals surface area contributed by atoms with Crippen LogP contribution in [0.3, 0.4) is 0 Å². The summed E-state index contributed by atoms with van der Waals surface area (Å²) < 4.78 is 4.87. The number of ether oxygens (including phenoxy) is 1. The lowest BCUT2D eigenvalue weighted by Gasteiger charge is -2.47. The third-order valence-electron chi connectivity index (χ3n) is 7.93. The van der Waals surface area contributed by atoms with Gasteiger partial charge in [0.2, 0.25) is 0 Å². The minimum atomic E-state index is -0.621. The van der Waals surface area contributed by atoms with Gasteiger partial charge in [-0.3, -0.25) is 9.79 Å². The van der Waals surface area contributed by atoms with Crippen LogP contribution in [-0.2, 0) is 9.53 Å². The van der Waals surface area contributed by atoms with Crippen LogP contribution in [0, 0.1) is 11.3 Å². The molecule has 0 aromatic heterocycles. The zero-order valence-corrected chi connectivity index (χ0v) is 23.8. The zero-order chi connectivity index (χ0) is 27.0. The van der Waals surface area contributed by atoms with Gasteiger partial charge < -0.3 is 9.64 Å². The van der Waals surface area contributed by atoms with E-state index in [4.69, 9.17) is 32.9 Å². The smallest absolute Gasteiger partial charge is 0.337 e. The van der Waals surface area contributed by atoms with Gasteiger partial charge in [-0.25, -0.2) is 4.79 Å². The summed E-state index contributed by atoms with van der Waals surface area (Å²) >= 11 is 12.6. The van der Waals surface area contributed by atoms with E-state index in [0.717, 1.165) is 44.1 Å². The lowest BCUT2D eigenvalue weighted by molar-refractivity contribution is -0.133. The van der Waals surface area contributed by atoms with Crippen molar-refractivity contribution >= 4 is 40.8 Å². The maximum atomic E-state index is 14.2. The molecule has 1 atom stereocenters. The van der Waals surface area contributed by atoms with E-state index in [1.165, 1.54) is 7.11 Å². The Hall–Kier alpha value is -2.37. The Bertz CT molecular complexity index is 1170. The van der Waals surface area contributed by atoms with E-state index in [1.54, 1.807) is 30.3 Å². The molecule has 37 heavy (non-hydrogen) atoms. The molecule has 4 rings (SSSR count). The van der Waals surface area contributed by atoms with Crippen molar-refractivity contribution in [3.63, 3.8) is 0 Å². The highest BCUT2D eigenvalue weighted by Gasteiger charge is 2.52. The largest absolute Gasteiger partial charge is 0.465 e. The van der Waals surface area contributed by atoms with Gasteiger partial charge in [0, 0.05) is 15.6 Å². The third-order valence-corrected chi connectivity index (χ3v) is 8.36. The second-order valence-electron chi connectivity index (χ2n) is 11.3. The number of benzene rings is 2. The Morgan fingerprint density at radius 1 is 1.11 bits per heavy atom. The van der Waals surface area contributed by atoms with Crippen molar-refractivity contribution in [2.45, 2.75) is 77.9 Å². The molecule has 0 unspecified atom stereocenters. The first-order valence-electron chi connectivity index (χ1n) is 13.1. The van der Waals surface area contributed by atoms with Crippen molar-refractivity contribution in [1.82, 2.24) is 4.90 Å². The van der Waals surface area contributed by atoms with E-state index in [1.807, 2.05) is 17.0 Å². The van der Waals surface area contributed by atoms with Crippen molar-refractivity contribution in [1.29, 1.82) is 0 Å². The Labute approximate surface area is 230 Å². The number of hydrogen-bond donors (Lipinski definition) is 0. The van der Waals surface area contributed by atoms with E-state index in [0.29, 0.717) is 32.8 Å². The first-order chi connectivity index (χ1) is 17.5. The predicted octanol–water partition coefficient (Wildman–Crippen LogP) is 7.89. The molecular formula is C30H36Cl2N2O3. The van der Waals surface area contributed by atoms with Gasteiger partial charge in [0.25, 0.3) is 5.91 Å². The maximum absolute atomic E-state index is 14.2. The molecule has 1 heterocycles. The first-order valence-corrected chi connectivity index (χ1v) is 13.8. The fourth-order valence-electron chi connectivity index (χ4n) is 5.90. The molecule has 7 heteroatoms. The molecule has 2 aromatic rings. The SMILES string of the molecule is CCC[C@H](c1ccc(C(=O)OC)cc1)N1C(=O)C(c2cc(Cl)cc(Cl)c2)=NC12CCC(C(C)(C)C)CC2. The number of aliphatic imine (C=N–C) groups is 1. The van der Waals surface area contributed by atoms with Gasteiger partial charge in [-0.2, -0.15) is 0 Å². The molecule has 0 bridgehead atoms. The molecule has 2 aromatic carbocycles. The summed E-state index contributed by atoms with van der Waals surface area (Å²) in [5.74, 6) is 0.0956. The van der Waals surface area contributed by atoms with E-state index in [2.05, 4.69) is 27.7 Å². The van der Waals surface area contributed by atoms with Crippen LogP contribution < -0.4 is 0 Å². The van der Waals surface area contributed by atoms with E-state index in [-0.39, 0.29) is 23.3 Å². The minimum absolute atomic E-state index is 0.0944. The average molecular weight is 544 g/mol. The molecule has 1 aliphatic carbocycles. The van der Waals surface area contributed by atoms with Crippen molar-refractivity contribution in [3.05, 3.63) is 69.2 Å². The molecule has 0 saturated heterocycles. The number of amides is 1. The van der Waals surface area contributed by atoms with E-state index in [9.17, 15) is 9.59 Å². The quantitative estimate of drug-likeness (QED) is 0.348. The molecule has 198 valence electrons. The van der Waals surface area contributed by atoms with Crippen molar-refractivity contribution in [2.24, 2.45) is 16.3 Å². The molecule has 1 spiro atoms. The molecule has 1 aliphatic heterocycles. The summed E-state index contributed by atoms with van der Waals surface area (Å²) in [6.07, 6.45) is 5.29. The number of esters is 1. The lowest BCUT2D eigenvalue weighted by Crippen LogP contribution is -2.51. The molecule has 5 nitrogen and oxygen atoms in total. The number of rotatable bonds is 6. The van der Waals surface area contributed by atoms with Gasteiger partial charge in [-0.05, 0) is 79.3 Å². The van der Waals surface area contributed by atoms with Crippen LogP contribution in [0.25, 0.3) is 0 Å². The Balaban J connectivity index is 1.78. The molecule has 1 fully saturated rings. The number of hydrogen-bond acceptors (Lipinski definition) is 4. The molecule has 2 aliphatic rings. The maximum Gasteiger partial charge on any atom is 0.337 e. The second-order valence-corrected chi connectivity index (χ2v) is 12.2. The summed E-state index contributed by atoms with van der Waals surface area (Å²) in [7, 11) is 1.37. The number of halogens is 2. The van der Waals surface area contributed by atoms with Gasteiger partial charge in [-0.15, -0.1) is 0 Å². The van der Waals surface area contributed by atoms with E-state index < -0.39 is 5.66 Å². The monoisotopic (exact) mass is 542 g/mol. The number of methoxy groups -OCH3 is 1. The predicted molar refractivity (Wildman–Crippen MR) is 149 cm³/mol. The summed E-state index contributed by atoms with van der Waals surface area (Å²) in [6, 6.07) is 12.4. The topological polar surface area (TPSA) is 59.0 Å². The Morgan fingerprint density at radius 2 is 1.70 bits per heavy atom. The van der Waals surface area contributed by atoms with Crippen LogP contribution in [0.1, 0.15) is 93.7 Å². The zero-order valence-electron chi connectivity index (χ0n) is 22.3. The van der Waals surface area contributed by atoms with Crippen LogP contribution in [0.15, 0.2) is 47.5 Å². The van der Waals surface area contributed by atoms with E-state index >= 15 is 0 Å².